The maximum Gasteiger partial charge on any atom is 0.324 e. The molecule has 0 bridgehead atoms. The van der Waals surface area contributed by atoms with Gasteiger partial charge in [-0.15, -0.1) is 0 Å². The Morgan fingerprint density at radius 3 is 1.64 bits per heavy atom. The van der Waals surface area contributed by atoms with Crippen molar-refractivity contribution in [2.24, 2.45) is 23.2 Å². The SMILES string of the molecule is CCC(c1ccccc1)C(CC(C)C)(C(=O)OCC(C)C)C(=O)OCC(C)C. The minimum absolute atomic E-state index is 0.135. The van der Waals surface area contributed by atoms with Crippen molar-refractivity contribution in [3.8, 4) is 0 Å². The van der Waals surface area contributed by atoms with E-state index >= 15 is 0 Å². The predicted molar refractivity (Wildman–Crippen MR) is 113 cm³/mol. The van der Waals surface area contributed by atoms with Crippen LogP contribution >= 0.6 is 0 Å². The molecule has 0 amide bonds. The van der Waals surface area contributed by atoms with Crippen molar-refractivity contribution in [2.75, 3.05) is 13.2 Å². The van der Waals surface area contributed by atoms with E-state index in [9.17, 15) is 9.59 Å². The van der Waals surface area contributed by atoms with Crippen molar-refractivity contribution in [1.82, 2.24) is 0 Å². The maximum absolute atomic E-state index is 13.4. The Morgan fingerprint density at radius 2 is 1.29 bits per heavy atom. The summed E-state index contributed by atoms with van der Waals surface area (Å²) in [7, 11) is 0. The fourth-order valence-corrected chi connectivity index (χ4v) is 3.62. The molecule has 0 aliphatic heterocycles. The van der Waals surface area contributed by atoms with Crippen molar-refractivity contribution in [3.63, 3.8) is 0 Å². The number of carbonyl (C=O) groups is 2. The summed E-state index contributed by atoms with van der Waals surface area (Å²) in [6, 6.07) is 9.78. The largest absolute Gasteiger partial charge is 0.465 e. The third-order valence-corrected chi connectivity index (χ3v) is 4.76. The quantitative estimate of drug-likeness (QED) is 0.364. The number of hydrogen-bond acceptors (Lipinski definition) is 4. The lowest BCUT2D eigenvalue weighted by atomic mass is 9.66. The van der Waals surface area contributed by atoms with Gasteiger partial charge in [-0.2, -0.15) is 0 Å². The van der Waals surface area contributed by atoms with Crippen LogP contribution < -0.4 is 0 Å². The first-order valence-corrected chi connectivity index (χ1v) is 10.5. The Kier molecular flexibility index (Phi) is 9.71. The molecule has 0 radical (unpaired) electrons. The first kappa shape index (κ1) is 24.2. The first-order valence-electron chi connectivity index (χ1n) is 10.5. The van der Waals surface area contributed by atoms with Crippen LogP contribution in [0.1, 0.15) is 72.8 Å². The van der Waals surface area contributed by atoms with Crippen molar-refractivity contribution < 1.29 is 19.1 Å². The molecule has 0 aromatic heterocycles. The van der Waals surface area contributed by atoms with E-state index in [0.717, 1.165) is 5.56 Å². The van der Waals surface area contributed by atoms with E-state index in [1.54, 1.807) is 0 Å². The average molecular weight is 391 g/mol. The molecule has 158 valence electrons. The van der Waals surface area contributed by atoms with Gasteiger partial charge < -0.3 is 9.47 Å². The van der Waals surface area contributed by atoms with Crippen LogP contribution in [0.2, 0.25) is 0 Å². The summed E-state index contributed by atoms with van der Waals surface area (Å²) in [4.78, 5) is 26.9. The molecule has 28 heavy (non-hydrogen) atoms. The Morgan fingerprint density at radius 1 is 0.821 bits per heavy atom. The summed E-state index contributed by atoms with van der Waals surface area (Å²) in [5.41, 5.74) is -0.373. The van der Waals surface area contributed by atoms with Gasteiger partial charge in [0.1, 0.15) is 0 Å². The third kappa shape index (κ3) is 6.35. The Labute approximate surface area is 171 Å². The zero-order valence-electron chi connectivity index (χ0n) is 18.7. The topological polar surface area (TPSA) is 52.6 Å². The lowest BCUT2D eigenvalue weighted by Gasteiger charge is -2.38. The number of ether oxygens (including phenoxy) is 2. The van der Waals surface area contributed by atoms with E-state index in [1.165, 1.54) is 0 Å². The molecule has 4 heteroatoms. The van der Waals surface area contributed by atoms with Gasteiger partial charge in [0.05, 0.1) is 13.2 Å². The Bertz CT molecular complexity index is 580. The van der Waals surface area contributed by atoms with Crippen molar-refractivity contribution in [2.45, 2.75) is 67.2 Å². The van der Waals surface area contributed by atoms with Gasteiger partial charge >= 0.3 is 11.9 Å². The number of rotatable bonds is 11. The van der Waals surface area contributed by atoms with Crippen LogP contribution in [0.25, 0.3) is 0 Å². The second-order valence-electron chi connectivity index (χ2n) is 8.93. The summed E-state index contributed by atoms with van der Waals surface area (Å²) in [5, 5.41) is 0. The average Bonchev–Trinajstić information content (AvgIpc) is 2.64. The van der Waals surface area contributed by atoms with Gasteiger partial charge in [0, 0.05) is 5.92 Å². The van der Waals surface area contributed by atoms with Crippen LogP contribution in [0.3, 0.4) is 0 Å². The third-order valence-electron chi connectivity index (χ3n) is 4.76. The lowest BCUT2D eigenvalue weighted by Crippen LogP contribution is -2.48. The van der Waals surface area contributed by atoms with Gasteiger partial charge in [0.2, 0.25) is 0 Å². The maximum atomic E-state index is 13.4. The second-order valence-corrected chi connectivity index (χ2v) is 8.93. The van der Waals surface area contributed by atoms with Crippen LogP contribution in [-0.4, -0.2) is 25.2 Å². The number of carbonyl (C=O) groups excluding carboxylic acids is 2. The summed E-state index contributed by atoms with van der Waals surface area (Å²) >= 11 is 0. The minimum Gasteiger partial charge on any atom is -0.465 e. The van der Waals surface area contributed by atoms with Crippen LogP contribution in [0.15, 0.2) is 30.3 Å². The number of esters is 2. The van der Waals surface area contributed by atoms with Gasteiger partial charge in [0.25, 0.3) is 0 Å². The van der Waals surface area contributed by atoms with Crippen molar-refractivity contribution in [1.29, 1.82) is 0 Å². The second kappa shape index (κ2) is 11.2. The number of benzene rings is 1. The molecule has 0 fully saturated rings. The van der Waals surface area contributed by atoms with E-state index in [4.69, 9.17) is 9.47 Å². The summed E-state index contributed by atoms with van der Waals surface area (Å²) in [5.74, 6) is -0.682. The molecular weight excluding hydrogens is 352 g/mol. The molecule has 0 N–H and O–H groups in total. The standard InChI is InChI=1S/C24H38O4/c1-8-21(20-12-10-9-11-13-20)24(14-17(2)3,22(25)27-15-18(4)5)23(26)28-16-19(6)7/h9-13,17-19,21H,8,14-16H2,1-7H3. The van der Waals surface area contributed by atoms with Crippen LogP contribution in [0.4, 0.5) is 0 Å². The molecule has 0 spiro atoms. The van der Waals surface area contributed by atoms with Gasteiger partial charge in [-0.3, -0.25) is 9.59 Å². The normalized spacial score (nSPS) is 13.1. The smallest absolute Gasteiger partial charge is 0.324 e. The first-order chi connectivity index (χ1) is 13.1. The molecule has 1 atom stereocenters. The minimum atomic E-state index is -1.34. The van der Waals surface area contributed by atoms with Crippen LogP contribution in [-0.2, 0) is 19.1 Å². The van der Waals surface area contributed by atoms with E-state index in [0.29, 0.717) is 26.1 Å². The van der Waals surface area contributed by atoms with E-state index in [1.807, 2.05) is 78.8 Å². The fourth-order valence-electron chi connectivity index (χ4n) is 3.62. The van der Waals surface area contributed by atoms with Crippen molar-refractivity contribution >= 4 is 11.9 Å². The monoisotopic (exact) mass is 390 g/mol. The molecule has 4 nitrogen and oxygen atoms in total. The van der Waals surface area contributed by atoms with Crippen LogP contribution in [0.5, 0.6) is 0 Å². The van der Waals surface area contributed by atoms with E-state index in [-0.39, 0.29) is 23.7 Å². The molecule has 1 rings (SSSR count). The molecule has 0 heterocycles. The zero-order valence-corrected chi connectivity index (χ0v) is 18.7. The molecule has 1 aromatic rings. The summed E-state index contributed by atoms with van der Waals surface area (Å²) in [6.07, 6.45) is 1.04. The molecule has 1 unspecified atom stereocenters. The van der Waals surface area contributed by atoms with E-state index in [2.05, 4.69) is 0 Å². The molecular formula is C24H38O4. The Balaban J connectivity index is 3.47. The lowest BCUT2D eigenvalue weighted by molar-refractivity contribution is -0.178. The molecule has 0 saturated heterocycles. The fraction of sp³-hybridized carbons (Fsp3) is 0.667. The molecule has 0 aliphatic rings. The molecule has 1 aromatic carbocycles. The van der Waals surface area contributed by atoms with Gasteiger partial charge in [-0.25, -0.2) is 0 Å². The van der Waals surface area contributed by atoms with E-state index < -0.39 is 17.4 Å². The summed E-state index contributed by atoms with van der Waals surface area (Å²) < 4.78 is 11.3. The molecule has 0 saturated carbocycles. The summed E-state index contributed by atoms with van der Waals surface area (Å²) in [6.45, 7) is 14.6. The highest BCUT2D eigenvalue weighted by molar-refractivity contribution is 6.01. The highest BCUT2D eigenvalue weighted by atomic mass is 16.6. The highest BCUT2D eigenvalue weighted by Gasteiger charge is 2.55. The van der Waals surface area contributed by atoms with Gasteiger partial charge in [0.15, 0.2) is 5.41 Å². The van der Waals surface area contributed by atoms with Crippen LogP contribution in [0, 0.1) is 23.2 Å². The Hall–Kier alpha value is -1.84. The van der Waals surface area contributed by atoms with Gasteiger partial charge in [-0.05, 0) is 36.2 Å². The number of hydrogen-bond donors (Lipinski definition) is 0. The van der Waals surface area contributed by atoms with Gasteiger partial charge in [-0.1, -0.05) is 78.8 Å². The highest BCUT2D eigenvalue weighted by Crippen LogP contribution is 2.46. The zero-order chi connectivity index (χ0) is 21.3. The molecule has 0 aliphatic carbocycles. The van der Waals surface area contributed by atoms with Crippen molar-refractivity contribution in [3.05, 3.63) is 35.9 Å². The predicted octanol–water partition coefficient (Wildman–Crippen LogP) is 5.61.